The van der Waals surface area contributed by atoms with E-state index in [1.54, 1.807) is 12.1 Å². The quantitative estimate of drug-likeness (QED) is 0.723. The molecule has 2 rings (SSSR count). The summed E-state index contributed by atoms with van der Waals surface area (Å²) in [5.41, 5.74) is 1.44. The van der Waals surface area contributed by atoms with Crippen molar-refractivity contribution in [3.05, 3.63) is 53.6 Å². The van der Waals surface area contributed by atoms with Gasteiger partial charge in [0.05, 0.1) is 12.0 Å². The standard InChI is InChI=1S/C18H20N2O6S/c1-11-4-6-13(7-5-11)20-17(21)12(2)26-18(22)15-10-14(27(19,23)24)8-9-16(15)25-3/h4-10,12H,1-3H3,(H,20,21)(H2,19,23,24). The van der Waals surface area contributed by atoms with E-state index in [2.05, 4.69) is 5.32 Å². The third-order valence-electron chi connectivity index (χ3n) is 3.69. The monoisotopic (exact) mass is 392 g/mol. The number of anilines is 1. The Morgan fingerprint density at radius 1 is 1.11 bits per heavy atom. The van der Waals surface area contributed by atoms with E-state index < -0.39 is 28.0 Å². The molecule has 144 valence electrons. The fourth-order valence-corrected chi connectivity index (χ4v) is 2.72. The molecule has 3 N–H and O–H groups in total. The Balaban J connectivity index is 2.15. The fourth-order valence-electron chi connectivity index (χ4n) is 2.18. The van der Waals surface area contributed by atoms with Crippen molar-refractivity contribution in [1.29, 1.82) is 0 Å². The van der Waals surface area contributed by atoms with Crippen LogP contribution in [0.4, 0.5) is 5.69 Å². The summed E-state index contributed by atoms with van der Waals surface area (Å²) in [6.45, 7) is 3.32. The molecule has 2 aromatic rings. The van der Waals surface area contributed by atoms with Gasteiger partial charge < -0.3 is 14.8 Å². The summed E-state index contributed by atoms with van der Waals surface area (Å²) >= 11 is 0. The van der Waals surface area contributed by atoms with Gasteiger partial charge in [0.25, 0.3) is 5.91 Å². The molecule has 27 heavy (non-hydrogen) atoms. The Morgan fingerprint density at radius 2 is 1.74 bits per heavy atom. The number of hydrogen-bond acceptors (Lipinski definition) is 6. The van der Waals surface area contributed by atoms with Crippen molar-refractivity contribution >= 4 is 27.6 Å². The number of aryl methyl sites for hydroxylation is 1. The third kappa shape index (κ3) is 5.28. The molecule has 1 amide bonds. The minimum atomic E-state index is -4.02. The third-order valence-corrected chi connectivity index (χ3v) is 4.60. The number of carbonyl (C=O) groups excluding carboxylic acids is 2. The number of ether oxygens (including phenoxy) is 2. The number of hydrogen-bond donors (Lipinski definition) is 2. The van der Waals surface area contributed by atoms with E-state index in [1.807, 2.05) is 19.1 Å². The minimum Gasteiger partial charge on any atom is -0.496 e. The van der Waals surface area contributed by atoms with Gasteiger partial charge in [0.2, 0.25) is 10.0 Å². The van der Waals surface area contributed by atoms with E-state index in [0.29, 0.717) is 5.69 Å². The second-order valence-electron chi connectivity index (χ2n) is 5.81. The lowest BCUT2D eigenvalue weighted by atomic mass is 10.2. The molecule has 0 heterocycles. The first-order valence-corrected chi connectivity index (χ1v) is 9.46. The molecule has 0 saturated carbocycles. The Hall–Kier alpha value is -2.91. The molecule has 0 aliphatic rings. The Morgan fingerprint density at radius 3 is 2.30 bits per heavy atom. The highest BCUT2D eigenvalue weighted by atomic mass is 32.2. The fraction of sp³-hybridized carbons (Fsp3) is 0.222. The van der Waals surface area contributed by atoms with Crippen LogP contribution in [0.25, 0.3) is 0 Å². The van der Waals surface area contributed by atoms with E-state index >= 15 is 0 Å². The van der Waals surface area contributed by atoms with Crippen molar-refractivity contribution < 1.29 is 27.5 Å². The summed E-state index contributed by atoms with van der Waals surface area (Å²) in [7, 11) is -2.70. The molecule has 1 unspecified atom stereocenters. The van der Waals surface area contributed by atoms with Gasteiger partial charge in [-0.25, -0.2) is 18.4 Å². The van der Waals surface area contributed by atoms with Crippen LogP contribution >= 0.6 is 0 Å². The molecule has 0 bridgehead atoms. The number of amides is 1. The van der Waals surface area contributed by atoms with E-state index in [0.717, 1.165) is 11.6 Å². The van der Waals surface area contributed by atoms with Crippen molar-refractivity contribution in [3.63, 3.8) is 0 Å². The summed E-state index contributed by atoms with van der Waals surface area (Å²) in [5.74, 6) is -1.35. The Kier molecular flexibility index (Phi) is 6.19. The van der Waals surface area contributed by atoms with Gasteiger partial charge >= 0.3 is 5.97 Å². The lowest BCUT2D eigenvalue weighted by Crippen LogP contribution is -2.30. The topological polar surface area (TPSA) is 125 Å². The molecule has 1 atom stereocenters. The van der Waals surface area contributed by atoms with Crippen LogP contribution in [0.2, 0.25) is 0 Å². The number of sulfonamides is 1. The van der Waals surface area contributed by atoms with Gasteiger partial charge in [-0.05, 0) is 44.2 Å². The molecule has 0 aromatic heterocycles. The van der Waals surface area contributed by atoms with Crippen molar-refractivity contribution in [2.45, 2.75) is 24.8 Å². The van der Waals surface area contributed by atoms with Crippen LogP contribution in [-0.2, 0) is 19.6 Å². The normalized spacial score (nSPS) is 12.1. The molecule has 0 saturated heterocycles. The van der Waals surface area contributed by atoms with Gasteiger partial charge in [-0.15, -0.1) is 0 Å². The molecule has 2 aromatic carbocycles. The van der Waals surface area contributed by atoms with Gasteiger partial charge in [-0.2, -0.15) is 0 Å². The maximum absolute atomic E-state index is 12.4. The predicted octanol–water partition coefficient (Wildman–Crippen LogP) is 1.84. The van der Waals surface area contributed by atoms with Gasteiger partial charge in [0.1, 0.15) is 11.3 Å². The SMILES string of the molecule is COc1ccc(S(N)(=O)=O)cc1C(=O)OC(C)C(=O)Nc1ccc(C)cc1. The lowest BCUT2D eigenvalue weighted by molar-refractivity contribution is -0.123. The molecule has 0 aliphatic carbocycles. The van der Waals surface area contributed by atoms with E-state index in [1.165, 1.54) is 26.2 Å². The van der Waals surface area contributed by atoms with E-state index in [9.17, 15) is 18.0 Å². The number of nitrogens with one attached hydrogen (secondary N) is 1. The average molecular weight is 392 g/mol. The first-order valence-electron chi connectivity index (χ1n) is 7.91. The zero-order valence-electron chi connectivity index (χ0n) is 15.1. The molecule has 0 aliphatic heterocycles. The van der Waals surface area contributed by atoms with E-state index in [-0.39, 0.29) is 16.2 Å². The molecule has 0 fully saturated rings. The molecule has 0 radical (unpaired) electrons. The number of esters is 1. The Bertz CT molecular complexity index is 954. The van der Waals surface area contributed by atoms with Crippen molar-refractivity contribution in [2.24, 2.45) is 5.14 Å². The summed E-state index contributed by atoms with van der Waals surface area (Å²) in [6, 6.07) is 10.6. The Labute approximate surface area is 157 Å². The second kappa shape index (κ2) is 8.19. The van der Waals surface area contributed by atoms with Crippen LogP contribution in [0, 0.1) is 6.92 Å². The van der Waals surface area contributed by atoms with Crippen LogP contribution < -0.4 is 15.2 Å². The number of carbonyl (C=O) groups is 2. The van der Waals surface area contributed by atoms with Crippen LogP contribution in [0.3, 0.4) is 0 Å². The number of benzene rings is 2. The highest BCUT2D eigenvalue weighted by molar-refractivity contribution is 7.89. The van der Waals surface area contributed by atoms with Crippen LogP contribution in [0.1, 0.15) is 22.8 Å². The molecule has 9 heteroatoms. The lowest BCUT2D eigenvalue weighted by Gasteiger charge is -2.15. The molecule has 0 spiro atoms. The zero-order valence-corrected chi connectivity index (χ0v) is 15.9. The minimum absolute atomic E-state index is 0.0959. The number of nitrogens with two attached hydrogens (primary N) is 1. The number of methoxy groups -OCH3 is 1. The highest BCUT2D eigenvalue weighted by Crippen LogP contribution is 2.23. The number of rotatable bonds is 6. The van der Waals surface area contributed by atoms with Crippen LogP contribution in [0.5, 0.6) is 5.75 Å². The summed E-state index contributed by atoms with van der Waals surface area (Å²) in [5, 5.41) is 7.71. The van der Waals surface area contributed by atoms with Gasteiger partial charge in [0, 0.05) is 5.69 Å². The van der Waals surface area contributed by atoms with Crippen molar-refractivity contribution in [2.75, 3.05) is 12.4 Å². The van der Waals surface area contributed by atoms with Gasteiger partial charge in [0.15, 0.2) is 6.10 Å². The molecule has 8 nitrogen and oxygen atoms in total. The molecular weight excluding hydrogens is 372 g/mol. The predicted molar refractivity (Wildman–Crippen MR) is 99.1 cm³/mol. The summed E-state index contributed by atoms with van der Waals surface area (Å²) in [6.07, 6.45) is -1.12. The van der Waals surface area contributed by atoms with E-state index in [4.69, 9.17) is 14.6 Å². The zero-order chi connectivity index (χ0) is 20.2. The van der Waals surface area contributed by atoms with Gasteiger partial charge in [-0.3, -0.25) is 4.79 Å². The first-order chi connectivity index (χ1) is 12.6. The molecular formula is C18H20N2O6S. The summed E-state index contributed by atoms with van der Waals surface area (Å²) in [4.78, 5) is 24.3. The van der Waals surface area contributed by atoms with Crippen LogP contribution in [-0.4, -0.2) is 33.5 Å². The first kappa shape index (κ1) is 20.4. The summed E-state index contributed by atoms with van der Waals surface area (Å²) < 4.78 is 33.2. The smallest absolute Gasteiger partial charge is 0.342 e. The van der Waals surface area contributed by atoms with Crippen molar-refractivity contribution in [3.8, 4) is 5.75 Å². The largest absolute Gasteiger partial charge is 0.496 e. The van der Waals surface area contributed by atoms with Crippen LogP contribution in [0.15, 0.2) is 47.4 Å². The second-order valence-corrected chi connectivity index (χ2v) is 7.37. The maximum atomic E-state index is 12.4. The maximum Gasteiger partial charge on any atom is 0.342 e. The highest BCUT2D eigenvalue weighted by Gasteiger charge is 2.23. The average Bonchev–Trinajstić information content (AvgIpc) is 2.62. The van der Waals surface area contributed by atoms with Gasteiger partial charge in [-0.1, -0.05) is 17.7 Å². The van der Waals surface area contributed by atoms with Crippen molar-refractivity contribution in [1.82, 2.24) is 0 Å². The number of primary sulfonamides is 1.